The number of hydrogen-bond acceptors (Lipinski definition) is 2. The molecule has 0 aromatic heterocycles. The molecule has 2 fully saturated rings. The lowest BCUT2D eigenvalue weighted by molar-refractivity contribution is -0.125. The van der Waals surface area contributed by atoms with Gasteiger partial charge in [0.15, 0.2) is 0 Å². The molecule has 1 amide bonds. The number of carbonyl (C=O) groups is 1. The standard InChI is InChI=1S/C12H20N2OS/c1-8-2-4-9(5-3-8)14-11(15)12(6-7-12)10(13)16/h8-9H,2-7H2,1H3,(H2,13,16)(H,14,15). The van der Waals surface area contributed by atoms with Crippen LogP contribution in [0.4, 0.5) is 0 Å². The average Bonchev–Trinajstić information content (AvgIpc) is 3.02. The molecule has 0 atom stereocenters. The number of nitrogens with two attached hydrogens (primary N) is 1. The first kappa shape index (κ1) is 11.8. The summed E-state index contributed by atoms with van der Waals surface area (Å²) in [4.78, 5) is 12.4. The molecule has 0 aromatic carbocycles. The summed E-state index contributed by atoms with van der Waals surface area (Å²) in [6.45, 7) is 2.27. The predicted octanol–water partition coefficient (Wildman–Crippen LogP) is 1.75. The molecule has 0 spiro atoms. The molecular weight excluding hydrogens is 220 g/mol. The van der Waals surface area contributed by atoms with E-state index in [1.54, 1.807) is 0 Å². The van der Waals surface area contributed by atoms with E-state index >= 15 is 0 Å². The fourth-order valence-corrected chi connectivity index (χ4v) is 2.74. The molecular formula is C12H20N2OS. The average molecular weight is 240 g/mol. The van der Waals surface area contributed by atoms with Gasteiger partial charge in [-0.25, -0.2) is 0 Å². The minimum absolute atomic E-state index is 0.0690. The third-order valence-corrected chi connectivity index (χ3v) is 4.40. The maximum atomic E-state index is 12.0. The van der Waals surface area contributed by atoms with E-state index in [1.807, 2.05) is 0 Å². The van der Waals surface area contributed by atoms with E-state index in [9.17, 15) is 4.79 Å². The largest absolute Gasteiger partial charge is 0.392 e. The summed E-state index contributed by atoms with van der Waals surface area (Å²) in [5.74, 6) is 0.873. The van der Waals surface area contributed by atoms with Gasteiger partial charge >= 0.3 is 0 Å². The predicted molar refractivity (Wildman–Crippen MR) is 68.0 cm³/mol. The van der Waals surface area contributed by atoms with Gasteiger partial charge in [0.2, 0.25) is 5.91 Å². The van der Waals surface area contributed by atoms with Gasteiger partial charge in [0.05, 0.1) is 10.4 Å². The molecule has 0 radical (unpaired) electrons. The lowest BCUT2D eigenvalue weighted by Gasteiger charge is -2.28. The molecule has 0 aliphatic heterocycles. The van der Waals surface area contributed by atoms with Crippen LogP contribution >= 0.6 is 12.2 Å². The first-order valence-electron chi connectivity index (χ1n) is 6.15. The zero-order valence-corrected chi connectivity index (χ0v) is 10.6. The fourth-order valence-electron chi connectivity index (χ4n) is 2.44. The minimum atomic E-state index is -0.488. The van der Waals surface area contributed by atoms with Gasteiger partial charge in [-0.3, -0.25) is 4.79 Å². The van der Waals surface area contributed by atoms with Crippen molar-refractivity contribution in [3.63, 3.8) is 0 Å². The van der Waals surface area contributed by atoms with Crippen LogP contribution in [0, 0.1) is 11.3 Å². The van der Waals surface area contributed by atoms with Crippen molar-refractivity contribution in [1.82, 2.24) is 5.32 Å². The second-order valence-electron chi connectivity index (χ2n) is 5.38. The number of rotatable bonds is 3. The lowest BCUT2D eigenvalue weighted by atomic mass is 9.87. The van der Waals surface area contributed by atoms with Gasteiger partial charge in [-0.2, -0.15) is 0 Å². The molecule has 2 aliphatic rings. The summed E-state index contributed by atoms with van der Waals surface area (Å²) in [6, 6.07) is 0.343. The maximum Gasteiger partial charge on any atom is 0.233 e. The normalized spacial score (nSPS) is 31.8. The molecule has 2 aliphatic carbocycles. The molecule has 0 bridgehead atoms. The zero-order valence-electron chi connectivity index (χ0n) is 9.79. The van der Waals surface area contributed by atoms with E-state index in [0.717, 1.165) is 31.6 Å². The topological polar surface area (TPSA) is 55.1 Å². The molecule has 3 nitrogen and oxygen atoms in total. The Morgan fingerprint density at radius 2 is 1.88 bits per heavy atom. The van der Waals surface area contributed by atoms with Crippen molar-refractivity contribution >= 4 is 23.1 Å². The molecule has 4 heteroatoms. The highest BCUT2D eigenvalue weighted by atomic mass is 32.1. The van der Waals surface area contributed by atoms with E-state index in [4.69, 9.17) is 18.0 Å². The number of carbonyl (C=O) groups excluding carboxylic acids is 1. The van der Waals surface area contributed by atoms with E-state index in [0.29, 0.717) is 11.0 Å². The molecule has 2 rings (SSSR count). The molecule has 0 saturated heterocycles. The first-order chi connectivity index (χ1) is 7.54. The van der Waals surface area contributed by atoms with Crippen LogP contribution in [-0.4, -0.2) is 16.9 Å². The summed E-state index contributed by atoms with van der Waals surface area (Å²) < 4.78 is 0. The Balaban J connectivity index is 1.86. The minimum Gasteiger partial charge on any atom is -0.392 e. The number of hydrogen-bond donors (Lipinski definition) is 2. The lowest BCUT2D eigenvalue weighted by Crippen LogP contribution is -2.45. The van der Waals surface area contributed by atoms with Crippen LogP contribution in [0.15, 0.2) is 0 Å². The Morgan fingerprint density at radius 3 is 2.31 bits per heavy atom. The van der Waals surface area contributed by atoms with Crippen molar-refractivity contribution in [3.05, 3.63) is 0 Å². The van der Waals surface area contributed by atoms with E-state index < -0.39 is 5.41 Å². The smallest absolute Gasteiger partial charge is 0.233 e. The van der Waals surface area contributed by atoms with Crippen LogP contribution in [0.2, 0.25) is 0 Å². The van der Waals surface area contributed by atoms with Gasteiger partial charge in [-0.1, -0.05) is 19.1 Å². The van der Waals surface area contributed by atoms with Gasteiger partial charge in [0.25, 0.3) is 0 Å². The van der Waals surface area contributed by atoms with Crippen LogP contribution in [0.1, 0.15) is 45.4 Å². The van der Waals surface area contributed by atoms with E-state index in [1.165, 1.54) is 12.8 Å². The number of thiocarbonyl (C=S) groups is 1. The molecule has 0 unspecified atom stereocenters. The van der Waals surface area contributed by atoms with Crippen LogP contribution < -0.4 is 11.1 Å². The highest BCUT2D eigenvalue weighted by Crippen LogP contribution is 2.46. The summed E-state index contributed by atoms with van der Waals surface area (Å²) >= 11 is 4.97. The van der Waals surface area contributed by atoms with Crippen LogP contribution in [0.3, 0.4) is 0 Å². The second-order valence-corrected chi connectivity index (χ2v) is 5.82. The van der Waals surface area contributed by atoms with E-state index in [2.05, 4.69) is 12.2 Å². The number of nitrogens with one attached hydrogen (secondary N) is 1. The molecule has 0 heterocycles. The van der Waals surface area contributed by atoms with Crippen molar-refractivity contribution in [1.29, 1.82) is 0 Å². The van der Waals surface area contributed by atoms with E-state index in [-0.39, 0.29) is 5.91 Å². The van der Waals surface area contributed by atoms with Crippen molar-refractivity contribution in [3.8, 4) is 0 Å². The highest BCUT2D eigenvalue weighted by molar-refractivity contribution is 7.80. The Kier molecular flexibility index (Phi) is 3.19. The molecule has 0 aromatic rings. The van der Waals surface area contributed by atoms with Gasteiger partial charge < -0.3 is 11.1 Å². The highest BCUT2D eigenvalue weighted by Gasteiger charge is 2.53. The van der Waals surface area contributed by atoms with Crippen molar-refractivity contribution in [2.75, 3.05) is 0 Å². The van der Waals surface area contributed by atoms with Gasteiger partial charge in [-0.05, 0) is 44.4 Å². The third-order valence-electron chi connectivity index (χ3n) is 4.01. The summed E-state index contributed by atoms with van der Waals surface area (Å²) in [7, 11) is 0. The summed E-state index contributed by atoms with van der Waals surface area (Å²) in [5, 5.41) is 3.12. The molecule has 2 saturated carbocycles. The Morgan fingerprint density at radius 1 is 1.31 bits per heavy atom. The first-order valence-corrected chi connectivity index (χ1v) is 6.56. The fraction of sp³-hybridized carbons (Fsp3) is 0.833. The van der Waals surface area contributed by atoms with Crippen molar-refractivity contribution < 1.29 is 4.79 Å². The Hall–Kier alpha value is -0.640. The van der Waals surface area contributed by atoms with Crippen LogP contribution in [-0.2, 0) is 4.79 Å². The monoisotopic (exact) mass is 240 g/mol. The summed E-state index contributed by atoms with van der Waals surface area (Å²) in [6.07, 6.45) is 6.28. The zero-order chi connectivity index (χ0) is 11.8. The van der Waals surface area contributed by atoms with Gasteiger partial charge in [0, 0.05) is 6.04 Å². The van der Waals surface area contributed by atoms with Gasteiger partial charge in [-0.15, -0.1) is 0 Å². The maximum absolute atomic E-state index is 12.0. The van der Waals surface area contributed by atoms with Crippen molar-refractivity contribution in [2.24, 2.45) is 17.1 Å². The third kappa shape index (κ3) is 2.21. The molecule has 90 valence electrons. The Labute approximate surface area is 102 Å². The molecule has 16 heavy (non-hydrogen) atoms. The second kappa shape index (κ2) is 4.32. The SMILES string of the molecule is CC1CCC(NC(=O)C2(C(N)=S)CC2)CC1. The Bertz CT molecular complexity index is 304. The quantitative estimate of drug-likeness (QED) is 0.739. The van der Waals surface area contributed by atoms with Crippen LogP contribution in [0.5, 0.6) is 0 Å². The van der Waals surface area contributed by atoms with Crippen molar-refractivity contribution in [2.45, 2.75) is 51.5 Å². The number of amides is 1. The summed E-state index contributed by atoms with van der Waals surface area (Å²) in [5.41, 5.74) is 5.14. The molecule has 3 N–H and O–H groups in total. The van der Waals surface area contributed by atoms with Crippen LogP contribution in [0.25, 0.3) is 0 Å². The van der Waals surface area contributed by atoms with Gasteiger partial charge in [0.1, 0.15) is 0 Å².